The predicted octanol–water partition coefficient (Wildman–Crippen LogP) is 4.67. The van der Waals surface area contributed by atoms with Gasteiger partial charge in [-0.15, -0.1) is 11.6 Å². The topological polar surface area (TPSA) is 79.6 Å². The molecule has 0 fully saturated rings. The Kier molecular flexibility index (Phi) is 6.80. The molecule has 0 saturated carbocycles. The summed E-state index contributed by atoms with van der Waals surface area (Å²) >= 11 is 9.50. The highest BCUT2D eigenvalue weighted by Crippen LogP contribution is 2.33. The third-order valence-corrected chi connectivity index (χ3v) is 5.42. The summed E-state index contributed by atoms with van der Waals surface area (Å²) in [5.74, 6) is -1.28. The third kappa shape index (κ3) is 4.88. The Morgan fingerprint density at radius 3 is 2.53 bits per heavy atom. The first-order chi connectivity index (χ1) is 14.9. The number of aliphatic imine (C=N–C) groups is 1. The molecule has 1 aliphatic heterocycles. The molecule has 1 aliphatic rings. The van der Waals surface area contributed by atoms with Crippen LogP contribution in [0.2, 0.25) is 0 Å². The number of hydrogen-bond donors (Lipinski definition) is 1. The minimum absolute atomic E-state index is 0.172. The molecule has 2 aromatic rings. The van der Waals surface area contributed by atoms with Crippen LogP contribution < -0.4 is 5.32 Å². The molecule has 1 aromatic carbocycles. The Labute approximate surface area is 195 Å². The molecule has 0 saturated heterocycles. The number of anilines is 1. The van der Waals surface area contributed by atoms with Gasteiger partial charge in [-0.2, -0.15) is 18.3 Å². The zero-order valence-corrected chi connectivity index (χ0v) is 19.5. The lowest BCUT2D eigenvalue weighted by molar-refractivity contribution is -0.141. The van der Waals surface area contributed by atoms with Gasteiger partial charge in [-0.05, 0) is 30.7 Å². The fourth-order valence-corrected chi connectivity index (χ4v) is 3.90. The molecular formula is C20H18BrClF3N5O2. The predicted molar refractivity (Wildman–Crippen MR) is 118 cm³/mol. The second-order valence-corrected chi connectivity index (χ2v) is 8.62. The summed E-state index contributed by atoms with van der Waals surface area (Å²) in [4.78, 5) is 31.1. The van der Waals surface area contributed by atoms with E-state index >= 15 is 0 Å². The van der Waals surface area contributed by atoms with Crippen LogP contribution in [-0.2, 0) is 6.18 Å². The van der Waals surface area contributed by atoms with Gasteiger partial charge in [0.15, 0.2) is 11.9 Å². The van der Waals surface area contributed by atoms with Crippen molar-refractivity contribution >= 4 is 51.2 Å². The van der Waals surface area contributed by atoms with Gasteiger partial charge in [-0.3, -0.25) is 14.6 Å². The van der Waals surface area contributed by atoms with E-state index in [2.05, 4.69) is 31.3 Å². The molecule has 7 nitrogen and oxygen atoms in total. The summed E-state index contributed by atoms with van der Waals surface area (Å²) in [7, 11) is 3.09. The van der Waals surface area contributed by atoms with Crippen molar-refractivity contribution in [3.05, 3.63) is 57.3 Å². The molecule has 1 N–H and O–H groups in total. The van der Waals surface area contributed by atoms with E-state index in [0.717, 1.165) is 4.68 Å². The summed E-state index contributed by atoms with van der Waals surface area (Å²) < 4.78 is 41.5. The summed E-state index contributed by atoms with van der Waals surface area (Å²) in [5.41, 5.74) is -0.771. The quantitative estimate of drug-likeness (QED) is 0.581. The van der Waals surface area contributed by atoms with E-state index in [-0.39, 0.29) is 11.3 Å². The molecule has 0 aliphatic carbocycles. The van der Waals surface area contributed by atoms with Crippen molar-refractivity contribution in [1.82, 2.24) is 14.7 Å². The molecule has 170 valence electrons. The number of allylic oxidation sites excluding steroid dienone is 1. The SMILES string of the molecule is Cc1cc(Br)cc(C(=O)N(C)C)c1NC(=O)c1cc(C(F)(F)F)nn1C1N=CC=CC1Cl. The fraction of sp³-hybridized carbons (Fsp3) is 0.300. The van der Waals surface area contributed by atoms with Crippen molar-refractivity contribution in [2.75, 3.05) is 19.4 Å². The number of carbonyl (C=O) groups is 2. The van der Waals surface area contributed by atoms with Crippen LogP contribution in [0.25, 0.3) is 0 Å². The second kappa shape index (κ2) is 9.07. The summed E-state index contributed by atoms with van der Waals surface area (Å²) in [6.07, 6.45) is -1.38. The molecule has 0 bridgehead atoms. The number of nitrogens with one attached hydrogen (secondary N) is 1. The van der Waals surface area contributed by atoms with Crippen molar-refractivity contribution in [3.63, 3.8) is 0 Å². The van der Waals surface area contributed by atoms with Crippen LogP contribution in [-0.4, -0.2) is 52.2 Å². The van der Waals surface area contributed by atoms with Gasteiger partial charge in [-0.1, -0.05) is 22.0 Å². The zero-order valence-electron chi connectivity index (χ0n) is 17.1. The lowest BCUT2D eigenvalue weighted by Gasteiger charge is -2.21. The van der Waals surface area contributed by atoms with E-state index in [9.17, 15) is 22.8 Å². The van der Waals surface area contributed by atoms with Crippen LogP contribution in [0.5, 0.6) is 0 Å². The number of aryl methyl sites for hydroxylation is 1. The number of nitrogens with zero attached hydrogens (tertiary/aromatic N) is 4. The number of amides is 2. The maximum absolute atomic E-state index is 13.4. The molecule has 2 atom stereocenters. The Morgan fingerprint density at radius 1 is 1.25 bits per heavy atom. The highest BCUT2D eigenvalue weighted by molar-refractivity contribution is 9.10. The van der Waals surface area contributed by atoms with Crippen molar-refractivity contribution < 1.29 is 22.8 Å². The normalized spacial score (nSPS) is 18.0. The Bertz CT molecular complexity index is 1130. The first-order valence-electron chi connectivity index (χ1n) is 9.24. The number of hydrogen-bond acceptors (Lipinski definition) is 4. The first-order valence-corrected chi connectivity index (χ1v) is 10.5. The average molecular weight is 533 g/mol. The summed E-state index contributed by atoms with van der Waals surface area (Å²) in [6.45, 7) is 1.66. The maximum atomic E-state index is 13.4. The lowest BCUT2D eigenvalue weighted by atomic mass is 10.1. The molecule has 2 unspecified atom stereocenters. The maximum Gasteiger partial charge on any atom is 0.435 e. The average Bonchev–Trinajstić information content (AvgIpc) is 3.15. The molecular weight excluding hydrogens is 515 g/mol. The molecule has 32 heavy (non-hydrogen) atoms. The van der Waals surface area contributed by atoms with E-state index in [1.807, 2.05) is 0 Å². The monoisotopic (exact) mass is 531 g/mol. The third-order valence-electron chi connectivity index (χ3n) is 4.59. The van der Waals surface area contributed by atoms with E-state index in [1.54, 1.807) is 33.2 Å². The molecule has 2 amide bonds. The van der Waals surface area contributed by atoms with Gasteiger partial charge >= 0.3 is 6.18 Å². The molecule has 0 radical (unpaired) electrons. The number of dihydropyridines is 1. The van der Waals surface area contributed by atoms with Gasteiger partial charge < -0.3 is 10.2 Å². The van der Waals surface area contributed by atoms with Crippen molar-refractivity contribution in [2.45, 2.75) is 24.6 Å². The van der Waals surface area contributed by atoms with E-state index < -0.39 is 40.9 Å². The highest BCUT2D eigenvalue weighted by Gasteiger charge is 2.38. The lowest BCUT2D eigenvalue weighted by Crippen LogP contribution is -2.27. The van der Waals surface area contributed by atoms with Gasteiger partial charge in [0.2, 0.25) is 0 Å². The number of alkyl halides is 4. The standard InChI is InChI=1S/C20H18BrClF3N5O2/c1-10-7-11(21)8-12(19(32)29(2)3)16(10)27-18(31)14-9-15(20(23,24)25)28-30(14)17-13(22)5-4-6-26-17/h4-9,13,17H,1-3H3,(H,27,31). The molecule has 1 aromatic heterocycles. The van der Waals surface area contributed by atoms with Crippen LogP contribution in [0.4, 0.5) is 18.9 Å². The Morgan fingerprint density at radius 2 is 1.94 bits per heavy atom. The van der Waals surface area contributed by atoms with Gasteiger partial charge in [0, 0.05) is 30.8 Å². The second-order valence-electron chi connectivity index (χ2n) is 7.20. The van der Waals surface area contributed by atoms with Gasteiger partial charge in [-0.25, -0.2) is 4.68 Å². The van der Waals surface area contributed by atoms with Gasteiger partial charge in [0.05, 0.1) is 16.6 Å². The Hall–Kier alpha value is -2.66. The molecule has 2 heterocycles. The van der Waals surface area contributed by atoms with Crippen molar-refractivity contribution in [3.8, 4) is 0 Å². The van der Waals surface area contributed by atoms with Crippen LogP contribution in [0.3, 0.4) is 0 Å². The fourth-order valence-electron chi connectivity index (χ4n) is 3.07. The minimum atomic E-state index is -4.78. The van der Waals surface area contributed by atoms with E-state index in [1.165, 1.54) is 23.3 Å². The zero-order chi connectivity index (χ0) is 23.8. The summed E-state index contributed by atoms with van der Waals surface area (Å²) in [5, 5.41) is 5.31. The van der Waals surface area contributed by atoms with Gasteiger partial charge in [0.25, 0.3) is 11.8 Å². The number of halogens is 5. The van der Waals surface area contributed by atoms with Gasteiger partial charge in [0.1, 0.15) is 5.69 Å². The molecule has 3 rings (SSSR count). The number of aromatic nitrogens is 2. The first kappa shape index (κ1) is 24.0. The van der Waals surface area contributed by atoms with Crippen molar-refractivity contribution in [1.29, 1.82) is 0 Å². The highest BCUT2D eigenvalue weighted by atomic mass is 79.9. The van der Waals surface area contributed by atoms with E-state index in [4.69, 9.17) is 11.6 Å². The van der Waals surface area contributed by atoms with E-state index in [0.29, 0.717) is 16.1 Å². The van der Waals surface area contributed by atoms with Crippen molar-refractivity contribution in [2.24, 2.45) is 4.99 Å². The van der Waals surface area contributed by atoms with Crippen LogP contribution in [0.15, 0.2) is 39.8 Å². The molecule has 0 spiro atoms. The Balaban J connectivity index is 2.07. The number of benzene rings is 1. The number of carbonyl (C=O) groups excluding carboxylic acids is 2. The van der Waals surface area contributed by atoms with Crippen LogP contribution in [0, 0.1) is 6.92 Å². The minimum Gasteiger partial charge on any atom is -0.345 e. The largest absolute Gasteiger partial charge is 0.435 e. The number of rotatable bonds is 4. The van der Waals surface area contributed by atoms with Crippen LogP contribution in [0.1, 0.15) is 38.3 Å². The smallest absolute Gasteiger partial charge is 0.345 e. The van der Waals surface area contributed by atoms with Crippen LogP contribution >= 0.6 is 27.5 Å². The molecule has 12 heteroatoms. The summed E-state index contributed by atoms with van der Waals surface area (Å²) in [6, 6.07) is 3.83.